The lowest BCUT2D eigenvalue weighted by Gasteiger charge is -2.09. The van der Waals surface area contributed by atoms with Gasteiger partial charge in [-0.25, -0.2) is 9.59 Å². The summed E-state index contributed by atoms with van der Waals surface area (Å²) >= 11 is 0. The van der Waals surface area contributed by atoms with Gasteiger partial charge in [-0.15, -0.1) is 0 Å². The van der Waals surface area contributed by atoms with E-state index in [0.717, 1.165) is 0 Å². The van der Waals surface area contributed by atoms with Gasteiger partial charge in [0.2, 0.25) is 0 Å². The van der Waals surface area contributed by atoms with Crippen LogP contribution in [0.3, 0.4) is 0 Å². The summed E-state index contributed by atoms with van der Waals surface area (Å²) in [5, 5.41) is 2.55. The normalized spacial score (nSPS) is 10.6. The van der Waals surface area contributed by atoms with Gasteiger partial charge in [-0.1, -0.05) is 0 Å². The summed E-state index contributed by atoms with van der Waals surface area (Å²) in [4.78, 5) is 42.3. The highest BCUT2D eigenvalue weighted by atomic mass is 16.7. The first-order valence-corrected chi connectivity index (χ1v) is 4.23. The second kappa shape index (κ2) is 7.73. The minimum absolute atomic E-state index is 0.112. The molecule has 0 aromatic carbocycles. The average Bonchev–Trinajstić information content (AvgIpc) is 2.29. The van der Waals surface area contributed by atoms with Crippen molar-refractivity contribution >= 4 is 18.0 Å². The van der Waals surface area contributed by atoms with Crippen LogP contribution >= 0.6 is 0 Å². The molecule has 0 radical (unpaired) electrons. The van der Waals surface area contributed by atoms with Gasteiger partial charge in [0.05, 0.1) is 0 Å². The van der Waals surface area contributed by atoms with Gasteiger partial charge in [0.15, 0.2) is 0 Å². The molecule has 0 aliphatic rings. The molecule has 5 N–H and O–H groups in total. The maximum absolute atomic E-state index is 11.0. The van der Waals surface area contributed by atoms with Crippen LogP contribution in [0.25, 0.3) is 10.4 Å². The van der Waals surface area contributed by atoms with Gasteiger partial charge >= 0.3 is 18.0 Å². The highest BCUT2D eigenvalue weighted by Crippen LogP contribution is 1.99. The molecule has 0 heterocycles. The number of carbonyl (C=O) groups is 3. The van der Waals surface area contributed by atoms with E-state index in [-0.39, 0.29) is 12.8 Å². The van der Waals surface area contributed by atoms with Gasteiger partial charge < -0.3 is 21.1 Å². The molecule has 0 aromatic rings. The molecule has 0 aliphatic heterocycles. The summed E-state index contributed by atoms with van der Waals surface area (Å²) < 4.78 is 0. The maximum Gasteiger partial charge on any atom is 0.348 e. The lowest BCUT2D eigenvalue weighted by atomic mass is 10.2. The van der Waals surface area contributed by atoms with Crippen LogP contribution in [0.15, 0.2) is 5.28 Å². The van der Waals surface area contributed by atoms with Crippen LogP contribution < -0.4 is 16.9 Å². The van der Waals surface area contributed by atoms with Gasteiger partial charge in [0.25, 0.3) is 0 Å². The predicted molar refractivity (Wildman–Crippen MR) is 51.3 cm³/mol. The first-order chi connectivity index (χ1) is 7.97. The number of amides is 2. The van der Waals surface area contributed by atoms with E-state index in [0.29, 0.717) is 0 Å². The Bertz CT molecular complexity index is 351. The quantitative estimate of drug-likeness (QED) is 0.241. The highest BCUT2D eigenvalue weighted by molar-refractivity contribution is 5.79. The van der Waals surface area contributed by atoms with Crippen LogP contribution in [0.4, 0.5) is 4.79 Å². The predicted octanol–water partition coefficient (Wildman–Crippen LogP) is -1.01. The number of hydrogen-bond acceptors (Lipinski definition) is 7. The van der Waals surface area contributed by atoms with E-state index in [1.165, 1.54) is 0 Å². The molecule has 0 aromatic heterocycles. The molecule has 1 atom stereocenters. The Hall–Kier alpha value is -2.52. The number of nitrogens with zero attached hydrogens (tertiary/aromatic N) is 3. The standard InChI is InChI=1S/C6H10N6O5/c7-3(5(14)17-10-6(8)15)1-2-4(13)16-12-11-9/h3H,1-2,7H2,(H3,8,10,15)/t3-/m0/s1. The van der Waals surface area contributed by atoms with Crippen molar-refractivity contribution in [1.29, 1.82) is 0 Å². The molecule has 0 saturated heterocycles. The summed E-state index contributed by atoms with van der Waals surface area (Å²) in [6.07, 6.45) is -0.370. The Morgan fingerprint density at radius 2 is 2.12 bits per heavy atom. The summed E-state index contributed by atoms with van der Waals surface area (Å²) in [6.45, 7) is 0. The minimum atomic E-state index is -1.15. The summed E-state index contributed by atoms with van der Waals surface area (Å²) in [7, 11) is 0. The summed E-state index contributed by atoms with van der Waals surface area (Å²) in [5.74, 6) is -1.82. The third kappa shape index (κ3) is 7.41. The fourth-order valence-electron chi connectivity index (χ4n) is 0.677. The maximum atomic E-state index is 11.0. The van der Waals surface area contributed by atoms with Gasteiger partial charge in [-0.2, -0.15) is 5.48 Å². The number of rotatable bonds is 5. The fraction of sp³-hybridized carbons (Fsp3) is 0.500. The summed E-state index contributed by atoms with van der Waals surface area (Å²) in [6, 6.07) is -2.21. The van der Waals surface area contributed by atoms with Crippen LogP contribution in [-0.4, -0.2) is 24.0 Å². The Morgan fingerprint density at radius 1 is 1.47 bits per heavy atom. The highest BCUT2D eigenvalue weighted by Gasteiger charge is 2.18. The van der Waals surface area contributed by atoms with Gasteiger partial charge in [0.1, 0.15) is 11.3 Å². The molecule has 0 aliphatic carbocycles. The van der Waals surface area contributed by atoms with E-state index in [9.17, 15) is 14.4 Å². The first-order valence-electron chi connectivity index (χ1n) is 4.23. The van der Waals surface area contributed by atoms with E-state index < -0.39 is 24.0 Å². The molecule has 94 valence electrons. The van der Waals surface area contributed by atoms with E-state index in [1.807, 2.05) is 0 Å². The molecule has 11 nitrogen and oxygen atoms in total. The number of hydroxylamine groups is 1. The molecule has 0 fully saturated rings. The Balaban J connectivity index is 3.88. The Kier molecular flexibility index (Phi) is 6.58. The SMILES string of the molecule is [N-]=[N+]=NOC(=O)CC[C@H](N)C(=O)ONC(N)=O. The second-order valence-electron chi connectivity index (χ2n) is 2.67. The topological polar surface area (TPSA) is 182 Å². The molecular formula is C6H10N6O5. The number of nitrogens with two attached hydrogens (primary N) is 2. The molecule has 17 heavy (non-hydrogen) atoms. The smallest absolute Gasteiger partial charge is 0.348 e. The van der Waals surface area contributed by atoms with E-state index in [2.05, 4.69) is 25.6 Å². The van der Waals surface area contributed by atoms with Crippen molar-refractivity contribution in [3.8, 4) is 0 Å². The zero-order chi connectivity index (χ0) is 13.3. The monoisotopic (exact) mass is 246 g/mol. The van der Waals surface area contributed by atoms with Crippen molar-refractivity contribution < 1.29 is 24.1 Å². The van der Waals surface area contributed by atoms with Crippen LogP contribution in [0.5, 0.6) is 0 Å². The molecule has 0 unspecified atom stereocenters. The number of urea groups is 1. The van der Waals surface area contributed by atoms with E-state index in [4.69, 9.17) is 11.3 Å². The van der Waals surface area contributed by atoms with Crippen molar-refractivity contribution in [2.45, 2.75) is 18.9 Å². The van der Waals surface area contributed by atoms with Crippen LogP contribution in [-0.2, 0) is 19.3 Å². The lowest BCUT2D eigenvalue weighted by molar-refractivity contribution is -0.151. The number of carbonyl (C=O) groups excluding carboxylic acids is 3. The van der Waals surface area contributed by atoms with E-state index >= 15 is 0 Å². The lowest BCUT2D eigenvalue weighted by Crippen LogP contribution is -2.39. The van der Waals surface area contributed by atoms with Crippen LogP contribution in [0.1, 0.15) is 12.8 Å². The third-order valence-electron chi connectivity index (χ3n) is 1.39. The van der Waals surface area contributed by atoms with Gasteiger partial charge in [0, 0.05) is 11.3 Å². The zero-order valence-corrected chi connectivity index (χ0v) is 8.53. The van der Waals surface area contributed by atoms with Crippen molar-refractivity contribution in [3.63, 3.8) is 0 Å². The van der Waals surface area contributed by atoms with Crippen molar-refractivity contribution in [2.75, 3.05) is 0 Å². The Labute approximate surface area is 94.5 Å². The van der Waals surface area contributed by atoms with Gasteiger partial charge in [-0.05, 0) is 12.0 Å². The van der Waals surface area contributed by atoms with E-state index in [1.54, 1.807) is 5.48 Å². The zero-order valence-electron chi connectivity index (χ0n) is 8.53. The molecule has 0 bridgehead atoms. The molecule has 11 heteroatoms. The molecule has 2 amide bonds. The molecule has 0 spiro atoms. The van der Waals surface area contributed by atoms with Crippen LogP contribution in [0.2, 0.25) is 0 Å². The average molecular weight is 246 g/mol. The molecule has 0 saturated carbocycles. The number of nitrogens with one attached hydrogen (secondary N) is 1. The number of hydrogen-bond donors (Lipinski definition) is 3. The molecular weight excluding hydrogens is 236 g/mol. The second-order valence-corrected chi connectivity index (χ2v) is 2.67. The Morgan fingerprint density at radius 3 is 2.65 bits per heavy atom. The minimum Gasteiger partial charge on any atom is -0.359 e. The van der Waals surface area contributed by atoms with Crippen molar-refractivity contribution in [3.05, 3.63) is 10.4 Å². The third-order valence-corrected chi connectivity index (χ3v) is 1.39. The first kappa shape index (κ1) is 14.5. The summed E-state index contributed by atoms with van der Waals surface area (Å²) in [5.41, 5.74) is 19.3. The fourth-order valence-corrected chi connectivity index (χ4v) is 0.677. The number of primary amides is 1. The van der Waals surface area contributed by atoms with Crippen molar-refractivity contribution in [1.82, 2.24) is 5.48 Å². The van der Waals surface area contributed by atoms with Crippen molar-refractivity contribution in [2.24, 2.45) is 16.7 Å². The van der Waals surface area contributed by atoms with Crippen LogP contribution in [0, 0.1) is 0 Å². The molecule has 0 rings (SSSR count). The largest absolute Gasteiger partial charge is 0.359 e. The van der Waals surface area contributed by atoms with Gasteiger partial charge in [-0.3, -0.25) is 4.79 Å². The number of azide groups is 1.